The summed E-state index contributed by atoms with van der Waals surface area (Å²) in [7, 11) is 0. The van der Waals surface area contributed by atoms with Crippen molar-refractivity contribution in [3.05, 3.63) is 12.7 Å². The average Bonchev–Trinajstić information content (AvgIpc) is 3.04. The van der Waals surface area contributed by atoms with Crippen LogP contribution in [0.4, 0.5) is 4.79 Å². The molecule has 5 heteroatoms. The van der Waals surface area contributed by atoms with E-state index >= 15 is 0 Å². The topological polar surface area (TPSA) is 64.6 Å². The summed E-state index contributed by atoms with van der Waals surface area (Å²) in [5, 5.41) is 2.60. The van der Waals surface area contributed by atoms with Gasteiger partial charge in [-0.1, -0.05) is 19.9 Å². The van der Waals surface area contributed by atoms with E-state index in [1.165, 1.54) is 0 Å². The van der Waals surface area contributed by atoms with Crippen LogP contribution in [0.1, 0.15) is 49.4 Å². The summed E-state index contributed by atoms with van der Waals surface area (Å²) in [6, 6.07) is 0. The lowest BCUT2D eigenvalue weighted by molar-refractivity contribution is -0.147. The molecular formula is C15H29NO4. The third kappa shape index (κ3) is 4.87. The number of alkyl carbamates (subject to hydrolysis) is 1. The fourth-order valence-corrected chi connectivity index (χ4v) is 1.75. The van der Waals surface area contributed by atoms with Crippen LogP contribution in [0.15, 0.2) is 12.7 Å². The third-order valence-electron chi connectivity index (χ3n) is 2.66. The van der Waals surface area contributed by atoms with Gasteiger partial charge in [-0.2, -0.15) is 0 Å². The number of amides is 1. The van der Waals surface area contributed by atoms with E-state index in [2.05, 4.69) is 11.9 Å². The molecule has 0 aromatic rings. The van der Waals surface area contributed by atoms with Crippen LogP contribution in [0.5, 0.6) is 0 Å². The van der Waals surface area contributed by atoms with Crippen molar-refractivity contribution in [2.24, 2.45) is 5.92 Å². The summed E-state index contributed by atoms with van der Waals surface area (Å²) in [6.45, 7) is 14.9. The normalized spacial score (nSPS) is 23.8. The first kappa shape index (κ1) is 18.5. The Kier molecular flexibility index (Phi) is 6.76. The molecule has 0 unspecified atom stereocenters. The van der Waals surface area contributed by atoms with Gasteiger partial charge in [-0.25, -0.2) is 9.59 Å². The first-order valence-electron chi connectivity index (χ1n) is 7.06. The second-order valence-electron chi connectivity index (χ2n) is 5.37. The van der Waals surface area contributed by atoms with Crippen molar-refractivity contribution in [2.75, 3.05) is 6.61 Å². The van der Waals surface area contributed by atoms with Gasteiger partial charge in [0.2, 0.25) is 0 Å². The van der Waals surface area contributed by atoms with Gasteiger partial charge in [-0.05, 0) is 34.1 Å². The van der Waals surface area contributed by atoms with Crippen molar-refractivity contribution >= 4 is 12.1 Å². The molecular weight excluding hydrogens is 258 g/mol. The van der Waals surface area contributed by atoms with E-state index in [4.69, 9.17) is 9.47 Å². The van der Waals surface area contributed by atoms with Gasteiger partial charge in [-0.3, -0.25) is 0 Å². The highest BCUT2D eigenvalue weighted by Gasteiger charge is 2.61. The summed E-state index contributed by atoms with van der Waals surface area (Å²) in [5.74, 6) is -0.523. The summed E-state index contributed by atoms with van der Waals surface area (Å²) in [4.78, 5) is 23.6. The highest BCUT2D eigenvalue weighted by Crippen LogP contribution is 2.45. The van der Waals surface area contributed by atoms with E-state index < -0.39 is 23.2 Å². The molecule has 1 aliphatic rings. The summed E-state index contributed by atoms with van der Waals surface area (Å²) < 4.78 is 10.1. The monoisotopic (exact) mass is 287 g/mol. The van der Waals surface area contributed by atoms with Crippen molar-refractivity contribution in [2.45, 2.75) is 59.1 Å². The molecule has 1 saturated carbocycles. The van der Waals surface area contributed by atoms with E-state index in [1.807, 2.05) is 13.8 Å². The van der Waals surface area contributed by atoms with E-state index in [9.17, 15) is 9.59 Å². The molecule has 0 spiro atoms. The Bertz CT molecular complexity index is 365. The molecule has 0 bridgehead atoms. The Morgan fingerprint density at radius 3 is 2.35 bits per heavy atom. The smallest absolute Gasteiger partial charge is 0.408 e. The third-order valence-corrected chi connectivity index (χ3v) is 2.66. The van der Waals surface area contributed by atoms with Crippen LogP contribution >= 0.6 is 0 Å². The molecule has 2 atom stereocenters. The average molecular weight is 287 g/mol. The van der Waals surface area contributed by atoms with Gasteiger partial charge in [0.15, 0.2) is 0 Å². The Labute approximate surface area is 123 Å². The van der Waals surface area contributed by atoms with E-state index in [-0.39, 0.29) is 14.0 Å². The molecule has 5 nitrogen and oxygen atoms in total. The number of ether oxygens (including phenoxy) is 2. The van der Waals surface area contributed by atoms with Crippen molar-refractivity contribution in [1.82, 2.24) is 5.32 Å². The zero-order valence-corrected chi connectivity index (χ0v) is 13.4. The predicted molar refractivity (Wildman–Crippen MR) is 80.5 cm³/mol. The van der Waals surface area contributed by atoms with Crippen LogP contribution in [0.25, 0.3) is 0 Å². The van der Waals surface area contributed by atoms with Crippen molar-refractivity contribution in [1.29, 1.82) is 0 Å². The Hall–Kier alpha value is -1.52. The van der Waals surface area contributed by atoms with Crippen LogP contribution in [0, 0.1) is 5.92 Å². The van der Waals surface area contributed by atoms with Crippen molar-refractivity contribution in [3.8, 4) is 0 Å². The van der Waals surface area contributed by atoms with E-state index in [0.29, 0.717) is 6.42 Å². The van der Waals surface area contributed by atoms with Crippen LogP contribution in [0.3, 0.4) is 0 Å². The number of hydrogen-bond donors (Lipinski definition) is 1. The fourth-order valence-electron chi connectivity index (χ4n) is 1.75. The fraction of sp³-hybridized carbons (Fsp3) is 0.733. The van der Waals surface area contributed by atoms with Gasteiger partial charge in [0, 0.05) is 7.34 Å². The number of hydrogen-bond acceptors (Lipinski definition) is 4. The second kappa shape index (κ2) is 7.31. The number of esters is 1. The number of rotatable bonds is 4. The quantitative estimate of drug-likeness (QED) is 0.636. The maximum Gasteiger partial charge on any atom is 0.408 e. The standard InChI is InChI=1S/C13H21NO4.C2H6.H2/c1-6-9-8-13(9,10(15)17-7-2)14-11(16)18-12(3,4)5;1-2;/h6,9H,1,7-8H2,2-5H3,(H,14,16);1-2H3;1H/t9-,13-;;/m0../s1. The van der Waals surface area contributed by atoms with Crippen LogP contribution < -0.4 is 5.32 Å². The number of carbonyl (C=O) groups excluding carboxylic acids is 2. The summed E-state index contributed by atoms with van der Waals surface area (Å²) in [6.07, 6.45) is 1.54. The Morgan fingerprint density at radius 1 is 1.45 bits per heavy atom. The first-order valence-corrected chi connectivity index (χ1v) is 7.06. The van der Waals surface area contributed by atoms with Gasteiger partial charge in [0.05, 0.1) is 6.61 Å². The van der Waals surface area contributed by atoms with Crippen LogP contribution in [-0.2, 0) is 14.3 Å². The van der Waals surface area contributed by atoms with Crippen LogP contribution in [0.2, 0.25) is 0 Å². The molecule has 118 valence electrons. The van der Waals surface area contributed by atoms with Gasteiger partial charge in [0.25, 0.3) is 0 Å². The summed E-state index contributed by atoms with van der Waals surface area (Å²) >= 11 is 0. The number of nitrogens with one attached hydrogen (secondary N) is 1. The largest absolute Gasteiger partial charge is 0.464 e. The molecule has 1 N–H and O–H groups in total. The van der Waals surface area contributed by atoms with Gasteiger partial charge in [0.1, 0.15) is 11.1 Å². The van der Waals surface area contributed by atoms with Gasteiger partial charge >= 0.3 is 12.1 Å². The lowest BCUT2D eigenvalue weighted by atomic mass is 10.2. The molecule has 1 aliphatic carbocycles. The molecule has 20 heavy (non-hydrogen) atoms. The first-order chi connectivity index (χ1) is 9.25. The minimum atomic E-state index is -0.986. The van der Waals surface area contributed by atoms with E-state index in [1.54, 1.807) is 33.8 Å². The molecule has 0 radical (unpaired) electrons. The molecule has 1 rings (SSSR count). The van der Waals surface area contributed by atoms with Crippen molar-refractivity contribution < 1.29 is 20.5 Å². The summed E-state index contributed by atoms with van der Waals surface area (Å²) in [5.41, 5.74) is -1.58. The Morgan fingerprint density at radius 2 is 2.00 bits per heavy atom. The molecule has 1 amide bonds. The molecule has 0 saturated heterocycles. The second-order valence-corrected chi connectivity index (χ2v) is 5.37. The molecule has 0 aromatic carbocycles. The SMILES string of the molecule is C=C[C@H]1C[C@@]1(NC(=O)OC(C)(C)C)C(=O)OCC.CC.[HH]. The van der Waals surface area contributed by atoms with Crippen LogP contribution in [-0.4, -0.2) is 29.8 Å². The van der Waals surface area contributed by atoms with Gasteiger partial charge < -0.3 is 14.8 Å². The maximum atomic E-state index is 11.9. The minimum Gasteiger partial charge on any atom is -0.464 e. The lowest BCUT2D eigenvalue weighted by Crippen LogP contribution is -2.47. The van der Waals surface area contributed by atoms with Gasteiger partial charge in [-0.15, -0.1) is 6.58 Å². The maximum absolute atomic E-state index is 11.9. The molecule has 0 aromatic heterocycles. The lowest BCUT2D eigenvalue weighted by Gasteiger charge is -2.23. The minimum absolute atomic E-state index is 0. The van der Waals surface area contributed by atoms with E-state index in [0.717, 1.165) is 0 Å². The highest BCUT2D eigenvalue weighted by molar-refractivity contribution is 5.90. The number of carbonyl (C=O) groups is 2. The molecule has 0 heterocycles. The Balaban J connectivity index is 0. The highest BCUT2D eigenvalue weighted by atomic mass is 16.6. The predicted octanol–water partition coefficient (Wildman–Crippen LogP) is 3.29. The zero-order chi connectivity index (χ0) is 16.0. The molecule has 0 aliphatic heterocycles. The zero-order valence-electron chi connectivity index (χ0n) is 13.4. The van der Waals surface area contributed by atoms with Crippen molar-refractivity contribution in [3.63, 3.8) is 0 Å². The molecule has 1 fully saturated rings.